The van der Waals surface area contributed by atoms with Crippen molar-refractivity contribution in [1.82, 2.24) is 14.9 Å². The van der Waals surface area contributed by atoms with Gasteiger partial charge in [0.15, 0.2) is 0 Å². The van der Waals surface area contributed by atoms with Crippen LogP contribution >= 0.6 is 0 Å². The van der Waals surface area contributed by atoms with Crippen LogP contribution in [0.25, 0.3) is 0 Å². The van der Waals surface area contributed by atoms with E-state index in [0.717, 1.165) is 5.56 Å². The van der Waals surface area contributed by atoms with Crippen molar-refractivity contribution >= 4 is 23.6 Å². The first kappa shape index (κ1) is 28.6. The number of rotatable bonds is 7. The van der Waals surface area contributed by atoms with E-state index in [9.17, 15) is 19.2 Å². The van der Waals surface area contributed by atoms with E-state index in [2.05, 4.69) is 11.9 Å². The first-order chi connectivity index (χ1) is 17.9. The second-order valence-corrected chi connectivity index (χ2v) is 10.4. The minimum atomic E-state index is -0.805. The molecule has 204 valence electrons. The summed E-state index contributed by atoms with van der Waals surface area (Å²) >= 11 is 0. The summed E-state index contributed by atoms with van der Waals surface area (Å²) < 4.78 is 7.04. The van der Waals surface area contributed by atoms with Crippen molar-refractivity contribution in [3.05, 3.63) is 76.2 Å². The van der Waals surface area contributed by atoms with Gasteiger partial charge in [0, 0.05) is 24.2 Å². The van der Waals surface area contributed by atoms with Crippen LogP contribution in [0.15, 0.2) is 59.4 Å². The summed E-state index contributed by atoms with van der Waals surface area (Å²) in [4.78, 5) is 53.0. The summed E-state index contributed by atoms with van der Waals surface area (Å²) in [7, 11) is 0. The van der Waals surface area contributed by atoms with Gasteiger partial charge < -0.3 is 10.1 Å². The average Bonchev–Trinajstić information content (AvgIpc) is 2.87. The van der Waals surface area contributed by atoms with Crippen LogP contribution in [-0.4, -0.2) is 44.7 Å². The Balaban J connectivity index is 1.91. The summed E-state index contributed by atoms with van der Waals surface area (Å²) in [5.41, 5.74) is 2.18. The van der Waals surface area contributed by atoms with E-state index in [1.54, 1.807) is 45.3 Å². The van der Waals surface area contributed by atoms with Crippen molar-refractivity contribution in [2.45, 2.75) is 65.1 Å². The van der Waals surface area contributed by atoms with Gasteiger partial charge >= 0.3 is 6.09 Å². The monoisotopic (exact) mass is 524 g/mol. The number of ether oxygens (including phenoxy) is 1. The number of aryl methyl sites for hydroxylation is 2. The Kier molecular flexibility index (Phi) is 9.11. The molecule has 0 radical (unpaired) electrons. The van der Waals surface area contributed by atoms with Gasteiger partial charge in [-0.2, -0.15) is 0 Å². The van der Waals surface area contributed by atoms with Gasteiger partial charge in [-0.25, -0.2) is 10.3 Å². The number of likely N-dealkylation sites (tertiary alicyclic amines) is 1. The maximum atomic E-state index is 13.6. The fraction of sp³-hybridized carbons (Fsp3) is 0.429. The first-order valence-corrected chi connectivity index (χ1v) is 12.6. The molecule has 2 unspecified atom stereocenters. The minimum absolute atomic E-state index is 0.0897. The number of pyridine rings is 1. The fourth-order valence-electron chi connectivity index (χ4n) is 4.52. The van der Waals surface area contributed by atoms with Crippen LogP contribution < -0.4 is 16.4 Å². The average molecular weight is 525 g/mol. The van der Waals surface area contributed by atoms with Crippen molar-refractivity contribution in [2.24, 2.45) is 5.92 Å². The number of hydrogen-bond donors (Lipinski definition) is 3. The van der Waals surface area contributed by atoms with Crippen LogP contribution in [-0.2, 0) is 20.7 Å². The lowest BCUT2D eigenvalue weighted by Crippen LogP contribution is -2.49. The molecule has 1 aliphatic rings. The van der Waals surface area contributed by atoms with E-state index in [4.69, 9.17) is 9.94 Å². The SMILES string of the molecule is C=C(C(=O)NO)C1CCN(C(=O)OC(C)(C)C)C(n2c(C)ccc(NC(=O)CCc3ccccc3)c2=O)C1. The second kappa shape index (κ2) is 12.1. The van der Waals surface area contributed by atoms with E-state index in [-0.39, 0.29) is 36.6 Å². The third kappa shape index (κ3) is 7.10. The molecule has 1 aromatic heterocycles. The number of piperidine rings is 1. The van der Waals surface area contributed by atoms with Crippen LogP contribution in [0.5, 0.6) is 0 Å². The number of carbonyl (C=O) groups excluding carboxylic acids is 3. The molecule has 38 heavy (non-hydrogen) atoms. The van der Waals surface area contributed by atoms with Crippen LogP contribution in [0.4, 0.5) is 10.5 Å². The van der Waals surface area contributed by atoms with E-state index in [1.165, 1.54) is 9.47 Å². The number of nitrogens with one attached hydrogen (secondary N) is 2. The van der Waals surface area contributed by atoms with Crippen LogP contribution in [0.1, 0.15) is 57.5 Å². The molecule has 0 aliphatic carbocycles. The van der Waals surface area contributed by atoms with Gasteiger partial charge in [0.1, 0.15) is 17.5 Å². The molecule has 3 rings (SSSR count). The standard InChI is InChI=1S/C28H36N4O6/c1-18-11-13-22(29-23(33)14-12-20-9-7-6-8-10-20)26(35)32(18)24-17-21(19(2)25(34)30-37)15-16-31(24)27(36)38-28(3,4)5/h6-11,13,21,24,37H,2,12,14-17H2,1,3-5H3,(H,29,33)(H,30,34). The quantitative estimate of drug-likeness (QED) is 0.286. The van der Waals surface area contributed by atoms with Gasteiger partial charge in [0.05, 0.1) is 0 Å². The van der Waals surface area contributed by atoms with E-state index < -0.39 is 35.2 Å². The molecular weight excluding hydrogens is 488 g/mol. The number of benzene rings is 1. The lowest BCUT2D eigenvalue weighted by atomic mass is 9.87. The van der Waals surface area contributed by atoms with Crippen LogP contribution in [0, 0.1) is 12.8 Å². The molecule has 1 aliphatic heterocycles. The predicted molar refractivity (Wildman–Crippen MR) is 143 cm³/mol. The number of anilines is 1. The Hall–Kier alpha value is -3.92. The van der Waals surface area contributed by atoms with Gasteiger partial charge in [-0.3, -0.25) is 29.1 Å². The van der Waals surface area contributed by atoms with Crippen molar-refractivity contribution in [2.75, 3.05) is 11.9 Å². The maximum Gasteiger partial charge on any atom is 0.411 e. The fourth-order valence-corrected chi connectivity index (χ4v) is 4.52. The zero-order chi connectivity index (χ0) is 28.0. The second-order valence-electron chi connectivity index (χ2n) is 10.4. The molecule has 0 bridgehead atoms. The molecule has 2 aromatic rings. The first-order valence-electron chi connectivity index (χ1n) is 12.6. The molecule has 0 saturated carbocycles. The van der Waals surface area contributed by atoms with Crippen molar-refractivity contribution in [3.8, 4) is 0 Å². The molecule has 10 heteroatoms. The molecule has 1 saturated heterocycles. The normalized spacial score (nSPS) is 17.4. The third-order valence-corrected chi connectivity index (χ3v) is 6.46. The Labute approximate surface area is 222 Å². The van der Waals surface area contributed by atoms with E-state index in [1.807, 2.05) is 30.3 Å². The highest BCUT2D eigenvalue weighted by atomic mass is 16.6. The number of carbonyl (C=O) groups is 3. The van der Waals surface area contributed by atoms with Crippen LogP contribution in [0.2, 0.25) is 0 Å². The molecule has 1 fully saturated rings. The van der Waals surface area contributed by atoms with Crippen molar-refractivity contribution in [3.63, 3.8) is 0 Å². The molecule has 1 aromatic carbocycles. The predicted octanol–water partition coefficient (Wildman–Crippen LogP) is 3.94. The lowest BCUT2D eigenvalue weighted by Gasteiger charge is -2.41. The molecule has 0 spiro atoms. The molecule has 2 heterocycles. The highest BCUT2D eigenvalue weighted by Gasteiger charge is 2.38. The van der Waals surface area contributed by atoms with Crippen LogP contribution in [0.3, 0.4) is 0 Å². The highest BCUT2D eigenvalue weighted by Crippen LogP contribution is 2.35. The minimum Gasteiger partial charge on any atom is -0.444 e. The smallest absolute Gasteiger partial charge is 0.411 e. The number of hydrogen-bond acceptors (Lipinski definition) is 6. The summed E-state index contributed by atoms with van der Waals surface area (Å²) in [6.45, 7) is 11.0. The van der Waals surface area contributed by atoms with Crippen molar-refractivity contribution < 1.29 is 24.3 Å². The Bertz CT molecular complexity index is 1250. The Morgan fingerprint density at radius 3 is 2.45 bits per heavy atom. The van der Waals surface area contributed by atoms with Gasteiger partial charge in [-0.15, -0.1) is 0 Å². The maximum absolute atomic E-state index is 13.6. The summed E-state index contributed by atoms with van der Waals surface area (Å²) in [5.74, 6) is -1.43. The topological polar surface area (TPSA) is 130 Å². The molecular formula is C28H36N4O6. The summed E-state index contributed by atoms with van der Waals surface area (Å²) in [6, 6.07) is 12.8. The Morgan fingerprint density at radius 1 is 1.13 bits per heavy atom. The number of aromatic nitrogens is 1. The number of hydroxylamine groups is 1. The summed E-state index contributed by atoms with van der Waals surface area (Å²) in [6.07, 6.45) is -0.0903. The number of amides is 3. The zero-order valence-electron chi connectivity index (χ0n) is 22.3. The molecule has 2 atom stereocenters. The Morgan fingerprint density at radius 2 is 1.82 bits per heavy atom. The molecule has 3 amide bonds. The van der Waals surface area contributed by atoms with Gasteiger partial charge in [0.25, 0.3) is 11.5 Å². The largest absolute Gasteiger partial charge is 0.444 e. The third-order valence-electron chi connectivity index (χ3n) is 6.46. The molecule has 3 N–H and O–H groups in total. The van der Waals surface area contributed by atoms with Gasteiger partial charge in [0.2, 0.25) is 5.91 Å². The molecule has 10 nitrogen and oxygen atoms in total. The highest BCUT2D eigenvalue weighted by molar-refractivity contribution is 5.92. The van der Waals surface area contributed by atoms with Gasteiger partial charge in [-0.1, -0.05) is 36.9 Å². The van der Waals surface area contributed by atoms with Gasteiger partial charge in [-0.05, 0) is 70.6 Å². The van der Waals surface area contributed by atoms with E-state index >= 15 is 0 Å². The van der Waals surface area contributed by atoms with Crippen molar-refractivity contribution in [1.29, 1.82) is 0 Å². The van der Waals surface area contributed by atoms with E-state index in [0.29, 0.717) is 18.5 Å². The summed E-state index contributed by atoms with van der Waals surface area (Å²) in [5, 5.41) is 11.8. The lowest BCUT2D eigenvalue weighted by molar-refractivity contribution is -0.126. The zero-order valence-corrected chi connectivity index (χ0v) is 22.3. The number of nitrogens with zero attached hydrogens (tertiary/aromatic N) is 2.